The van der Waals surface area contributed by atoms with Crippen LogP contribution in [0.1, 0.15) is 43.7 Å². The molecule has 120 valence electrons. The Balaban J connectivity index is 1.41. The van der Waals surface area contributed by atoms with E-state index < -0.39 is 0 Å². The summed E-state index contributed by atoms with van der Waals surface area (Å²) in [5, 5.41) is 12.6. The van der Waals surface area contributed by atoms with E-state index in [0.717, 1.165) is 38.9 Å². The summed E-state index contributed by atoms with van der Waals surface area (Å²) in [6, 6.07) is 8.73. The van der Waals surface area contributed by atoms with E-state index in [0.29, 0.717) is 12.3 Å². The topological polar surface area (TPSA) is 52.6 Å². The van der Waals surface area contributed by atoms with Crippen molar-refractivity contribution in [1.29, 1.82) is 0 Å². The molecule has 3 rings (SSSR count). The zero-order valence-electron chi connectivity index (χ0n) is 13.3. The number of rotatable bonds is 6. The molecule has 1 aromatic carbocycles. The van der Waals surface area contributed by atoms with Crippen LogP contribution < -0.4 is 5.32 Å². The molecule has 1 atom stereocenters. The molecule has 0 radical (unpaired) electrons. The van der Waals surface area contributed by atoms with Gasteiger partial charge in [-0.1, -0.05) is 31.2 Å². The molecular formula is C18H26N2O2. The highest BCUT2D eigenvalue weighted by Crippen LogP contribution is 2.31. The Labute approximate surface area is 132 Å². The minimum absolute atomic E-state index is 0.143. The summed E-state index contributed by atoms with van der Waals surface area (Å²) < 4.78 is 0. The average molecular weight is 302 g/mol. The largest absolute Gasteiger partial charge is 0.393 e. The first-order valence-electron chi connectivity index (χ1n) is 8.42. The van der Waals surface area contributed by atoms with Crippen molar-refractivity contribution in [2.45, 2.75) is 57.8 Å². The van der Waals surface area contributed by atoms with Gasteiger partial charge < -0.3 is 10.4 Å². The molecule has 2 aliphatic rings. The Morgan fingerprint density at radius 1 is 1.32 bits per heavy atom. The fourth-order valence-electron chi connectivity index (χ4n) is 3.61. The van der Waals surface area contributed by atoms with E-state index in [2.05, 4.69) is 41.4 Å². The number of nitrogens with zero attached hydrogens (tertiary/aromatic N) is 1. The van der Waals surface area contributed by atoms with Crippen LogP contribution in [0.5, 0.6) is 0 Å². The van der Waals surface area contributed by atoms with Crippen LogP contribution in [0.15, 0.2) is 24.3 Å². The van der Waals surface area contributed by atoms with Crippen molar-refractivity contribution in [2.24, 2.45) is 5.92 Å². The minimum Gasteiger partial charge on any atom is -0.393 e. The molecule has 2 N–H and O–H groups in total. The molecule has 4 nitrogen and oxygen atoms in total. The van der Waals surface area contributed by atoms with Crippen LogP contribution in [0.3, 0.4) is 0 Å². The van der Waals surface area contributed by atoms with Crippen LogP contribution in [0.2, 0.25) is 0 Å². The lowest BCUT2D eigenvalue weighted by Crippen LogP contribution is -2.47. The number of aliphatic hydroxyl groups is 1. The van der Waals surface area contributed by atoms with Gasteiger partial charge in [0.05, 0.1) is 6.10 Å². The van der Waals surface area contributed by atoms with Gasteiger partial charge in [-0.3, -0.25) is 9.69 Å². The molecule has 0 saturated heterocycles. The van der Waals surface area contributed by atoms with E-state index in [-0.39, 0.29) is 18.1 Å². The maximum Gasteiger partial charge on any atom is 0.221 e. The number of nitrogens with one attached hydrogen (secondary N) is 1. The zero-order valence-corrected chi connectivity index (χ0v) is 13.3. The van der Waals surface area contributed by atoms with Crippen molar-refractivity contribution in [3.05, 3.63) is 35.4 Å². The summed E-state index contributed by atoms with van der Waals surface area (Å²) in [5.41, 5.74) is 2.77. The lowest BCUT2D eigenvalue weighted by atomic mass is 9.76. The van der Waals surface area contributed by atoms with E-state index in [4.69, 9.17) is 0 Å². The molecule has 1 fully saturated rings. The SMILES string of the molecule is CCC(NC(=O)CCN1Cc2ccccc2C1)C1CC(O)C1. The zero-order chi connectivity index (χ0) is 15.5. The van der Waals surface area contributed by atoms with Crippen LogP contribution in [0, 0.1) is 5.92 Å². The van der Waals surface area contributed by atoms with Crippen LogP contribution in [-0.4, -0.2) is 34.6 Å². The van der Waals surface area contributed by atoms with E-state index in [9.17, 15) is 9.90 Å². The Kier molecular flexibility index (Phi) is 4.79. The van der Waals surface area contributed by atoms with Gasteiger partial charge in [0.1, 0.15) is 0 Å². The maximum atomic E-state index is 12.2. The Bertz CT molecular complexity index is 501. The van der Waals surface area contributed by atoms with E-state index >= 15 is 0 Å². The molecule has 1 heterocycles. The number of carbonyl (C=O) groups excluding carboxylic acids is 1. The highest BCUT2D eigenvalue weighted by Gasteiger charge is 2.33. The number of hydrogen-bond donors (Lipinski definition) is 2. The molecule has 1 aliphatic heterocycles. The fourth-order valence-corrected chi connectivity index (χ4v) is 3.61. The summed E-state index contributed by atoms with van der Waals surface area (Å²) in [6.45, 7) is 4.82. The normalized spacial score (nSPS) is 25.4. The van der Waals surface area contributed by atoms with E-state index in [1.807, 2.05) is 0 Å². The van der Waals surface area contributed by atoms with Crippen LogP contribution in [0.4, 0.5) is 0 Å². The smallest absolute Gasteiger partial charge is 0.221 e. The van der Waals surface area contributed by atoms with Gasteiger partial charge in [-0.25, -0.2) is 0 Å². The van der Waals surface area contributed by atoms with Gasteiger partial charge in [0.25, 0.3) is 0 Å². The summed E-state index contributed by atoms with van der Waals surface area (Å²) in [5.74, 6) is 0.601. The van der Waals surface area contributed by atoms with Crippen molar-refractivity contribution in [2.75, 3.05) is 6.54 Å². The van der Waals surface area contributed by atoms with Gasteiger partial charge >= 0.3 is 0 Å². The maximum absolute atomic E-state index is 12.2. The van der Waals surface area contributed by atoms with Crippen molar-refractivity contribution in [3.8, 4) is 0 Å². The van der Waals surface area contributed by atoms with Crippen molar-refractivity contribution in [1.82, 2.24) is 10.2 Å². The number of fused-ring (bicyclic) bond motifs is 1. The van der Waals surface area contributed by atoms with Gasteiger partial charge in [0.2, 0.25) is 5.91 Å². The second-order valence-corrected chi connectivity index (χ2v) is 6.70. The molecule has 1 aliphatic carbocycles. The number of benzene rings is 1. The molecule has 0 aromatic heterocycles. The molecular weight excluding hydrogens is 276 g/mol. The first-order valence-corrected chi connectivity index (χ1v) is 8.42. The Morgan fingerprint density at radius 3 is 2.50 bits per heavy atom. The molecule has 1 aromatic rings. The average Bonchev–Trinajstić information content (AvgIpc) is 2.90. The Hall–Kier alpha value is -1.39. The molecule has 22 heavy (non-hydrogen) atoms. The lowest BCUT2D eigenvalue weighted by Gasteiger charge is -2.37. The van der Waals surface area contributed by atoms with Crippen LogP contribution in [-0.2, 0) is 17.9 Å². The second-order valence-electron chi connectivity index (χ2n) is 6.70. The van der Waals surface area contributed by atoms with Gasteiger partial charge in [0, 0.05) is 32.1 Å². The second kappa shape index (κ2) is 6.80. The summed E-state index contributed by atoms with van der Waals surface area (Å²) in [7, 11) is 0. The van der Waals surface area contributed by atoms with Crippen LogP contribution >= 0.6 is 0 Å². The quantitative estimate of drug-likeness (QED) is 0.846. The minimum atomic E-state index is -0.154. The van der Waals surface area contributed by atoms with Gasteiger partial charge in [-0.2, -0.15) is 0 Å². The molecule has 1 saturated carbocycles. The highest BCUT2D eigenvalue weighted by atomic mass is 16.3. The van der Waals surface area contributed by atoms with Gasteiger partial charge in [0.15, 0.2) is 0 Å². The van der Waals surface area contributed by atoms with E-state index in [1.165, 1.54) is 11.1 Å². The fraction of sp³-hybridized carbons (Fsp3) is 0.611. The molecule has 0 bridgehead atoms. The van der Waals surface area contributed by atoms with Crippen LogP contribution in [0.25, 0.3) is 0 Å². The number of hydrogen-bond acceptors (Lipinski definition) is 3. The first-order chi connectivity index (χ1) is 10.7. The van der Waals surface area contributed by atoms with Crippen molar-refractivity contribution in [3.63, 3.8) is 0 Å². The van der Waals surface area contributed by atoms with E-state index in [1.54, 1.807) is 0 Å². The third-order valence-corrected chi connectivity index (χ3v) is 5.07. The van der Waals surface area contributed by atoms with Crippen molar-refractivity contribution < 1.29 is 9.90 Å². The summed E-state index contributed by atoms with van der Waals surface area (Å²) in [4.78, 5) is 14.5. The molecule has 1 unspecified atom stereocenters. The van der Waals surface area contributed by atoms with Gasteiger partial charge in [-0.15, -0.1) is 0 Å². The molecule has 0 spiro atoms. The molecule has 4 heteroatoms. The lowest BCUT2D eigenvalue weighted by molar-refractivity contribution is -0.123. The predicted octanol–water partition coefficient (Wildman–Crippen LogP) is 2.06. The number of amides is 1. The first kappa shape index (κ1) is 15.5. The predicted molar refractivity (Wildman–Crippen MR) is 86.1 cm³/mol. The Morgan fingerprint density at radius 2 is 1.95 bits per heavy atom. The summed E-state index contributed by atoms with van der Waals surface area (Å²) >= 11 is 0. The third kappa shape index (κ3) is 3.50. The third-order valence-electron chi connectivity index (χ3n) is 5.07. The molecule has 1 amide bonds. The number of carbonyl (C=O) groups is 1. The monoisotopic (exact) mass is 302 g/mol. The van der Waals surface area contributed by atoms with Gasteiger partial charge in [-0.05, 0) is 36.3 Å². The standard InChI is InChI=1S/C18H26N2O2/c1-2-17(15-9-16(21)10-15)19-18(22)7-8-20-11-13-5-3-4-6-14(13)12-20/h3-6,15-17,21H,2,7-12H2,1H3,(H,19,22). The van der Waals surface area contributed by atoms with Crippen molar-refractivity contribution >= 4 is 5.91 Å². The number of aliphatic hydroxyl groups excluding tert-OH is 1. The summed E-state index contributed by atoms with van der Waals surface area (Å²) in [6.07, 6.45) is 3.01. The highest BCUT2D eigenvalue weighted by molar-refractivity contribution is 5.76.